The van der Waals surface area contributed by atoms with E-state index in [0.29, 0.717) is 6.54 Å². The molecule has 0 spiro atoms. The van der Waals surface area contributed by atoms with Gasteiger partial charge in [-0.25, -0.2) is 8.42 Å². The van der Waals surface area contributed by atoms with Crippen LogP contribution in [0, 0.1) is 0 Å². The number of halogens is 2. The van der Waals surface area contributed by atoms with Crippen LogP contribution in [0.4, 0.5) is 0 Å². The molecule has 0 atom stereocenters. The fourth-order valence-electron chi connectivity index (χ4n) is 1.67. The Morgan fingerprint density at radius 2 is 1.78 bits per heavy atom. The number of hydrogen-bond acceptors (Lipinski definition) is 3. The summed E-state index contributed by atoms with van der Waals surface area (Å²) in [6.45, 7) is 0.465. The van der Waals surface area contributed by atoms with E-state index in [-0.39, 0.29) is 20.1 Å². The molecule has 122 valence electrons. The van der Waals surface area contributed by atoms with Crippen LogP contribution in [-0.4, -0.2) is 13.5 Å². The fraction of sp³-hybridized carbons (Fsp3) is 0.0714. The van der Waals surface area contributed by atoms with E-state index in [4.69, 9.17) is 35.4 Å². The molecule has 2 aromatic rings. The molecule has 0 aliphatic rings. The van der Waals surface area contributed by atoms with E-state index in [9.17, 15) is 8.42 Å². The molecule has 0 amide bonds. The van der Waals surface area contributed by atoms with Crippen LogP contribution in [0.3, 0.4) is 0 Å². The summed E-state index contributed by atoms with van der Waals surface area (Å²) in [4.78, 5) is 2.02. The second kappa shape index (κ2) is 7.94. The van der Waals surface area contributed by atoms with Crippen molar-refractivity contribution >= 4 is 50.6 Å². The van der Waals surface area contributed by atoms with Crippen LogP contribution in [0.5, 0.6) is 0 Å². The lowest BCUT2D eigenvalue weighted by Crippen LogP contribution is -2.46. The standard InChI is InChI=1S/C14H13Cl2N3O2S2/c15-11-6-7-12(16)13(8-11)23(20,21)19-18-14(22)17-9-10-4-2-1-3-5-10/h1-8,19H,9H2,(H2,17,18,22). The third-order valence-corrected chi connectivity index (χ3v) is 4.99. The van der Waals surface area contributed by atoms with Gasteiger partial charge in [0.2, 0.25) is 0 Å². The van der Waals surface area contributed by atoms with E-state index >= 15 is 0 Å². The van der Waals surface area contributed by atoms with Crippen LogP contribution in [0.15, 0.2) is 53.4 Å². The maximum absolute atomic E-state index is 12.2. The highest BCUT2D eigenvalue weighted by Crippen LogP contribution is 2.24. The highest BCUT2D eigenvalue weighted by atomic mass is 35.5. The Morgan fingerprint density at radius 3 is 2.48 bits per heavy atom. The zero-order chi connectivity index (χ0) is 16.9. The van der Waals surface area contributed by atoms with Crippen LogP contribution in [0.1, 0.15) is 5.56 Å². The largest absolute Gasteiger partial charge is 0.358 e. The third-order valence-electron chi connectivity index (χ3n) is 2.78. The molecule has 23 heavy (non-hydrogen) atoms. The van der Waals surface area contributed by atoms with Gasteiger partial charge in [0.25, 0.3) is 10.0 Å². The Balaban J connectivity index is 1.94. The van der Waals surface area contributed by atoms with Crippen molar-refractivity contribution in [2.24, 2.45) is 0 Å². The minimum absolute atomic E-state index is 0.0619. The van der Waals surface area contributed by atoms with Crippen LogP contribution in [0.2, 0.25) is 10.0 Å². The van der Waals surface area contributed by atoms with E-state index < -0.39 is 10.0 Å². The maximum atomic E-state index is 12.2. The highest BCUT2D eigenvalue weighted by molar-refractivity contribution is 7.89. The first-order valence-corrected chi connectivity index (χ1v) is 9.08. The Morgan fingerprint density at radius 1 is 1.09 bits per heavy atom. The molecule has 0 aliphatic heterocycles. The first kappa shape index (κ1) is 18.0. The van der Waals surface area contributed by atoms with Gasteiger partial charge < -0.3 is 5.32 Å². The van der Waals surface area contributed by atoms with Gasteiger partial charge in [0.05, 0.1) is 5.02 Å². The molecule has 0 heterocycles. The van der Waals surface area contributed by atoms with Crippen molar-refractivity contribution in [3.05, 3.63) is 64.1 Å². The summed E-state index contributed by atoms with van der Waals surface area (Å²) >= 11 is 16.7. The number of sulfonamides is 1. The van der Waals surface area contributed by atoms with Gasteiger partial charge in [0.15, 0.2) is 5.11 Å². The summed E-state index contributed by atoms with van der Waals surface area (Å²) < 4.78 is 24.4. The third kappa shape index (κ3) is 5.33. The molecule has 9 heteroatoms. The smallest absolute Gasteiger partial charge is 0.258 e. The molecule has 2 rings (SSSR count). The van der Waals surface area contributed by atoms with Gasteiger partial charge in [-0.1, -0.05) is 53.5 Å². The molecule has 0 radical (unpaired) electrons. The fourth-order valence-corrected chi connectivity index (χ4v) is 3.47. The van der Waals surface area contributed by atoms with Crippen molar-refractivity contribution < 1.29 is 8.42 Å². The average molecular weight is 390 g/mol. The summed E-state index contributed by atoms with van der Waals surface area (Å²) in [5.74, 6) is 0. The second-order valence-electron chi connectivity index (χ2n) is 4.47. The lowest BCUT2D eigenvalue weighted by Gasteiger charge is -2.13. The lowest BCUT2D eigenvalue weighted by atomic mass is 10.2. The average Bonchev–Trinajstić information content (AvgIpc) is 2.54. The first-order valence-electron chi connectivity index (χ1n) is 6.43. The number of nitrogens with one attached hydrogen (secondary N) is 3. The molecule has 2 aromatic carbocycles. The highest BCUT2D eigenvalue weighted by Gasteiger charge is 2.18. The molecule has 5 nitrogen and oxygen atoms in total. The minimum Gasteiger partial charge on any atom is -0.358 e. The van der Waals surface area contributed by atoms with E-state index in [1.165, 1.54) is 18.2 Å². The summed E-state index contributed by atoms with van der Waals surface area (Å²) in [7, 11) is -3.90. The van der Waals surface area contributed by atoms with Gasteiger partial charge in [-0.15, -0.1) is 4.83 Å². The van der Waals surface area contributed by atoms with Gasteiger partial charge in [0.1, 0.15) is 4.90 Å². The topological polar surface area (TPSA) is 70.2 Å². The summed E-state index contributed by atoms with van der Waals surface area (Å²) in [6.07, 6.45) is 0. The number of benzene rings is 2. The van der Waals surface area contributed by atoms with Crippen molar-refractivity contribution in [1.29, 1.82) is 0 Å². The van der Waals surface area contributed by atoms with Gasteiger partial charge >= 0.3 is 0 Å². The zero-order valence-corrected chi connectivity index (χ0v) is 14.9. The van der Waals surface area contributed by atoms with Gasteiger partial charge in [-0.05, 0) is 36.0 Å². The summed E-state index contributed by atoms with van der Waals surface area (Å²) in [5.41, 5.74) is 3.43. The van der Waals surface area contributed by atoms with Crippen molar-refractivity contribution in [3.63, 3.8) is 0 Å². The van der Waals surface area contributed by atoms with E-state index in [1.54, 1.807) is 0 Å². The number of rotatable bonds is 5. The Bertz CT molecular complexity index is 799. The van der Waals surface area contributed by atoms with Crippen molar-refractivity contribution in [2.75, 3.05) is 0 Å². The van der Waals surface area contributed by atoms with Crippen molar-refractivity contribution in [2.45, 2.75) is 11.4 Å². The van der Waals surface area contributed by atoms with E-state index in [2.05, 4.69) is 15.6 Å². The Labute approximate surface area is 150 Å². The lowest BCUT2D eigenvalue weighted by molar-refractivity contribution is 0.576. The van der Waals surface area contributed by atoms with Gasteiger partial charge in [-0.2, -0.15) is 0 Å². The number of thiocarbonyl (C=S) groups is 1. The summed E-state index contributed by atoms with van der Waals surface area (Å²) in [6, 6.07) is 13.7. The normalized spacial score (nSPS) is 11.0. The van der Waals surface area contributed by atoms with Crippen LogP contribution >= 0.6 is 35.4 Å². The minimum atomic E-state index is -3.90. The predicted octanol–water partition coefficient (Wildman–Crippen LogP) is 2.85. The quantitative estimate of drug-likeness (QED) is 0.541. The van der Waals surface area contributed by atoms with Crippen LogP contribution in [0.25, 0.3) is 0 Å². The number of hydrogen-bond donors (Lipinski definition) is 3. The van der Waals surface area contributed by atoms with Crippen LogP contribution < -0.4 is 15.6 Å². The molecule has 3 N–H and O–H groups in total. The maximum Gasteiger partial charge on any atom is 0.258 e. The second-order valence-corrected chi connectivity index (χ2v) is 7.38. The van der Waals surface area contributed by atoms with Crippen molar-refractivity contribution in [3.8, 4) is 0 Å². The first-order chi connectivity index (χ1) is 10.9. The molecule has 0 bridgehead atoms. The van der Waals surface area contributed by atoms with Gasteiger partial charge in [0, 0.05) is 11.6 Å². The van der Waals surface area contributed by atoms with Crippen molar-refractivity contribution in [1.82, 2.24) is 15.6 Å². The molecule has 0 aromatic heterocycles. The Hall–Kier alpha value is -1.38. The molecule has 0 saturated carbocycles. The molecular weight excluding hydrogens is 377 g/mol. The Kier molecular flexibility index (Phi) is 6.20. The van der Waals surface area contributed by atoms with Gasteiger partial charge in [-0.3, -0.25) is 5.43 Å². The summed E-state index contributed by atoms with van der Waals surface area (Å²) in [5, 5.41) is 3.34. The molecule has 0 fully saturated rings. The molecule has 0 saturated heterocycles. The van der Waals surface area contributed by atoms with E-state index in [1.807, 2.05) is 30.3 Å². The predicted molar refractivity (Wildman–Crippen MR) is 95.8 cm³/mol. The van der Waals surface area contributed by atoms with Crippen LogP contribution in [-0.2, 0) is 16.6 Å². The molecular formula is C14H13Cl2N3O2S2. The zero-order valence-electron chi connectivity index (χ0n) is 11.7. The molecule has 0 aliphatic carbocycles. The monoisotopic (exact) mass is 389 g/mol. The number of hydrazine groups is 1. The van der Waals surface area contributed by atoms with E-state index in [0.717, 1.165) is 5.56 Å². The SMILES string of the molecule is O=S(=O)(NNC(=S)NCc1ccccc1)c1cc(Cl)ccc1Cl. The molecule has 0 unspecified atom stereocenters.